The Hall–Kier alpha value is -6.18. The van der Waals surface area contributed by atoms with E-state index in [-0.39, 0.29) is 10.8 Å². The van der Waals surface area contributed by atoms with Crippen LogP contribution in [0.2, 0.25) is 0 Å². The van der Waals surface area contributed by atoms with Crippen LogP contribution < -0.4 is 4.90 Å². The maximum Gasteiger partial charge on any atom is 0.0540 e. The Morgan fingerprint density at radius 1 is 0.340 bits per heavy atom. The molecule has 254 valence electrons. The number of benzene rings is 8. The van der Waals surface area contributed by atoms with Gasteiger partial charge < -0.3 is 4.90 Å². The first-order chi connectivity index (χ1) is 25.8. The second-order valence-electron chi connectivity index (χ2n) is 15.7. The Bertz CT molecular complexity index is 2730. The van der Waals surface area contributed by atoms with Gasteiger partial charge in [0.25, 0.3) is 0 Å². The number of nitrogens with zero attached hydrogens (tertiary/aromatic N) is 1. The van der Waals surface area contributed by atoms with Gasteiger partial charge in [-0.05, 0) is 90.7 Å². The molecule has 53 heavy (non-hydrogen) atoms. The van der Waals surface area contributed by atoms with E-state index in [9.17, 15) is 0 Å². The molecule has 10 rings (SSSR count). The summed E-state index contributed by atoms with van der Waals surface area (Å²) in [6.07, 6.45) is 0. The molecule has 0 spiro atoms. The number of hydrogen-bond donors (Lipinski definition) is 0. The van der Waals surface area contributed by atoms with Gasteiger partial charge in [0.15, 0.2) is 0 Å². The van der Waals surface area contributed by atoms with Gasteiger partial charge in [0.05, 0.1) is 11.4 Å². The highest BCUT2D eigenvalue weighted by molar-refractivity contribution is 6.10. The molecule has 0 heterocycles. The van der Waals surface area contributed by atoms with Crippen molar-refractivity contribution < 1.29 is 0 Å². The Balaban J connectivity index is 1.23. The van der Waals surface area contributed by atoms with E-state index in [4.69, 9.17) is 0 Å². The van der Waals surface area contributed by atoms with Gasteiger partial charge in [0.2, 0.25) is 0 Å². The minimum atomic E-state index is -0.119. The predicted octanol–water partition coefficient (Wildman–Crippen LogP) is 14.3. The molecule has 0 aromatic heterocycles. The number of hydrogen-bond acceptors (Lipinski definition) is 1. The minimum Gasteiger partial charge on any atom is -0.309 e. The highest BCUT2D eigenvalue weighted by Gasteiger charge is 2.37. The molecular weight excluding hydrogens is 639 g/mol. The van der Waals surface area contributed by atoms with E-state index in [2.05, 4.69) is 209 Å². The second-order valence-corrected chi connectivity index (χ2v) is 15.7. The van der Waals surface area contributed by atoms with E-state index >= 15 is 0 Å². The zero-order valence-corrected chi connectivity index (χ0v) is 30.7. The van der Waals surface area contributed by atoms with Crippen molar-refractivity contribution in [3.63, 3.8) is 0 Å². The van der Waals surface area contributed by atoms with Crippen molar-refractivity contribution in [2.24, 2.45) is 0 Å². The summed E-state index contributed by atoms with van der Waals surface area (Å²) in [5.41, 5.74) is 19.0. The monoisotopic (exact) mass is 679 g/mol. The van der Waals surface area contributed by atoms with Crippen molar-refractivity contribution in [3.05, 3.63) is 198 Å². The zero-order valence-electron chi connectivity index (χ0n) is 30.7. The summed E-state index contributed by atoms with van der Waals surface area (Å²) in [7, 11) is 0. The molecule has 0 fully saturated rings. The third-order valence-electron chi connectivity index (χ3n) is 12.1. The Morgan fingerprint density at radius 3 is 1.64 bits per heavy atom. The molecule has 0 saturated heterocycles. The Labute approximate surface area is 312 Å². The normalized spacial score (nSPS) is 14.3. The molecule has 2 aliphatic carbocycles. The average Bonchev–Trinajstić information content (AvgIpc) is 3.58. The van der Waals surface area contributed by atoms with Crippen molar-refractivity contribution in [3.8, 4) is 44.5 Å². The standard InChI is InChI=1S/C52H41N/c1-51(2)45-26-13-9-22-43(45)50-42-24-16-23-37(38(42)31-32-46(50)51)41-21-11-15-28-49(41)53(48-27-14-10-19-36(48)34-17-6-5-7-18-34)35-29-30-40-39-20-8-12-25-44(39)52(3,4)47(40)33-35/h5-33H,1-4H3. The third-order valence-corrected chi connectivity index (χ3v) is 12.1. The third kappa shape index (κ3) is 4.63. The van der Waals surface area contributed by atoms with Crippen LogP contribution in [0.4, 0.5) is 17.1 Å². The number of para-hydroxylation sites is 2. The summed E-state index contributed by atoms with van der Waals surface area (Å²) < 4.78 is 0. The van der Waals surface area contributed by atoms with E-state index in [0.717, 1.165) is 17.1 Å². The molecule has 1 heteroatoms. The van der Waals surface area contributed by atoms with E-state index in [1.807, 2.05) is 0 Å². The maximum atomic E-state index is 2.50. The predicted molar refractivity (Wildman–Crippen MR) is 225 cm³/mol. The van der Waals surface area contributed by atoms with Crippen molar-refractivity contribution in [1.82, 2.24) is 0 Å². The van der Waals surface area contributed by atoms with Crippen LogP contribution in [-0.2, 0) is 10.8 Å². The number of anilines is 3. The quantitative estimate of drug-likeness (QED) is 0.175. The molecule has 1 nitrogen and oxygen atoms in total. The van der Waals surface area contributed by atoms with Crippen LogP contribution in [-0.4, -0.2) is 0 Å². The fourth-order valence-electron chi connectivity index (χ4n) is 9.46. The maximum absolute atomic E-state index is 2.50. The van der Waals surface area contributed by atoms with Gasteiger partial charge in [-0.3, -0.25) is 0 Å². The van der Waals surface area contributed by atoms with Crippen molar-refractivity contribution >= 4 is 27.8 Å². The van der Waals surface area contributed by atoms with Crippen molar-refractivity contribution in [1.29, 1.82) is 0 Å². The van der Waals surface area contributed by atoms with Crippen LogP contribution >= 0.6 is 0 Å². The van der Waals surface area contributed by atoms with E-state index in [0.29, 0.717) is 0 Å². The SMILES string of the molecule is CC1(C)c2ccccc2-c2ccc(N(c3ccccc3-c3ccccc3)c3ccccc3-c3cccc4c5c(ccc34)C(C)(C)c3ccccc3-5)cc21. The van der Waals surface area contributed by atoms with E-state index in [1.165, 1.54) is 77.5 Å². The minimum absolute atomic E-state index is 0.0486. The summed E-state index contributed by atoms with van der Waals surface area (Å²) in [5, 5.41) is 2.58. The van der Waals surface area contributed by atoms with Crippen LogP contribution in [0.5, 0.6) is 0 Å². The molecule has 0 aliphatic heterocycles. The van der Waals surface area contributed by atoms with E-state index < -0.39 is 0 Å². The van der Waals surface area contributed by atoms with Gasteiger partial charge in [0.1, 0.15) is 0 Å². The molecule has 8 aromatic carbocycles. The van der Waals surface area contributed by atoms with Gasteiger partial charge in [-0.25, -0.2) is 0 Å². The number of rotatable bonds is 5. The van der Waals surface area contributed by atoms with Crippen LogP contribution in [0, 0.1) is 0 Å². The lowest BCUT2D eigenvalue weighted by Crippen LogP contribution is -2.17. The fourth-order valence-corrected chi connectivity index (χ4v) is 9.46. The lowest BCUT2D eigenvalue weighted by Gasteiger charge is -2.31. The van der Waals surface area contributed by atoms with Gasteiger partial charge in [0, 0.05) is 27.6 Å². The van der Waals surface area contributed by atoms with Crippen LogP contribution in [0.15, 0.2) is 176 Å². The highest BCUT2D eigenvalue weighted by atomic mass is 15.1. The van der Waals surface area contributed by atoms with Crippen LogP contribution in [0.3, 0.4) is 0 Å². The first-order valence-electron chi connectivity index (χ1n) is 18.8. The Kier molecular flexibility index (Phi) is 6.94. The molecule has 0 bridgehead atoms. The average molecular weight is 680 g/mol. The van der Waals surface area contributed by atoms with Gasteiger partial charge in [-0.1, -0.05) is 179 Å². The van der Waals surface area contributed by atoms with Gasteiger partial charge in [-0.15, -0.1) is 0 Å². The summed E-state index contributed by atoms with van der Waals surface area (Å²) in [5.74, 6) is 0. The molecule has 0 atom stereocenters. The topological polar surface area (TPSA) is 3.24 Å². The lowest BCUT2D eigenvalue weighted by atomic mass is 9.81. The largest absolute Gasteiger partial charge is 0.309 e. The molecule has 0 unspecified atom stereocenters. The summed E-state index contributed by atoms with van der Waals surface area (Å²) in [6, 6.07) is 65.3. The fraction of sp³-hybridized carbons (Fsp3) is 0.115. The van der Waals surface area contributed by atoms with Crippen LogP contribution in [0.1, 0.15) is 49.9 Å². The molecule has 0 radical (unpaired) electrons. The summed E-state index contributed by atoms with van der Waals surface area (Å²) >= 11 is 0. The molecule has 0 amide bonds. The first kappa shape index (κ1) is 31.5. The highest BCUT2D eigenvalue weighted by Crippen LogP contribution is 2.54. The van der Waals surface area contributed by atoms with Crippen molar-refractivity contribution in [2.45, 2.75) is 38.5 Å². The first-order valence-corrected chi connectivity index (χ1v) is 18.8. The van der Waals surface area contributed by atoms with Crippen molar-refractivity contribution in [2.75, 3.05) is 4.90 Å². The zero-order chi connectivity index (χ0) is 35.9. The van der Waals surface area contributed by atoms with Gasteiger partial charge in [-0.2, -0.15) is 0 Å². The van der Waals surface area contributed by atoms with Gasteiger partial charge >= 0.3 is 0 Å². The second kappa shape index (κ2) is 11.7. The number of fused-ring (bicyclic) bond motifs is 8. The summed E-state index contributed by atoms with van der Waals surface area (Å²) in [4.78, 5) is 2.50. The summed E-state index contributed by atoms with van der Waals surface area (Å²) in [6.45, 7) is 9.46. The lowest BCUT2D eigenvalue weighted by molar-refractivity contribution is 0.660. The van der Waals surface area contributed by atoms with E-state index in [1.54, 1.807) is 0 Å². The smallest absolute Gasteiger partial charge is 0.0540 e. The van der Waals surface area contributed by atoms with Crippen LogP contribution in [0.25, 0.3) is 55.3 Å². The molecular formula is C52H41N. The molecule has 0 N–H and O–H groups in total. The Morgan fingerprint density at radius 2 is 0.887 bits per heavy atom. The molecule has 8 aromatic rings. The molecule has 0 saturated carbocycles. The molecule has 2 aliphatic rings.